The Labute approximate surface area is 125 Å². The first kappa shape index (κ1) is 14.4. The fourth-order valence-electron chi connectivity index (χ4n) is 1.60. The lowest BCUT2D eigenvalue weighted by Gasteiger charge is -2.08. The first-order valence-corrected chi connectivity index (χ1v) is 7.36. The number of carbonyl (C=O) groups is 2. The van der Waals surface area contributed by atoms with Crippen molar-refractivity contribution in [2.24, 2.45) is 0 Å². The Morgan fingerprint density at radius 3 is 2.79 bits per heavy atom. The van der Waals surface area contributed by atoms with Crippen LogP contribution in [0.4, 0.5) is 0 Å². The van der Waals surface area contributed by atoms with Crippen LogP contribution >= 0.6 is 28.6 Å². The van der Waals surface area contributed by atoms with E-state index in [0.29, 0.717) is 29.0 Å². The van der Waals surface area contributed by atoms with Crippen LogP contribution in [-0.2, 0) is 4.79 Å². The molecule has 1 aromatic rings. The van der Waals surface area contributed by atoms with Crippen molar-refractivity contribution in [2.45, 2.75) is 30.2 Å². The average molecular weight is 343 g/mol. The molecule has 0 aliphatic heterocycles. The lowest BCUT2D eigenvalue weighted by molar-refractivity contribution is -0.121. The van der Waals surface area contributed by atoms with Crippen LogP contribution < -0.4 is 10.6 Å². The van der Waals surface area contributed by atoms with E-state index < -0.39 is 0 Å². The van der Waals surface area contributed by atoms with Gasteiger partial charge in [-0.25, -0.2) is 0 Å². The number of thiol groups is 1. The maximum Gasteiger partial charge on any atom is 0.252 e. The van der Waals surface area contributed by atoms with E-state index in [9.17, 15) is 9.59 Å². The van der Waals surface area contributed by atoms with Gasteiger partial charge in [-0.3, -0.25) is 9.59 Å². The minimum Gasteiger partial charge on any atom is -0.353 e. The maximum absolute atomic E-state index is 11.9. The minimum atomic E-state index is -0.206. The van der Waals surface area contributed by atoms with Gasteiger partial charge in [0.05, 0.1) is 5.56 Å². The molecule has 0 bridgehead atoms. The molecule has 4 nitrogen and oxygen atoms in total. The average Bonchev–Trinajstić information content (AvgIpc) is 3.16. The highest BCUT2D eigenvalue weighted by Crippen LogP contribution is 2.20. The Morgan fingerprint density at radius 2 is 2.11 bits per heavy atom. The summed E-state index contributed by atoms with van der Waals surface area (Å²) in [5.41, 5.74) is 0.523. The standard InChI is InChI=1S/C13H15BrN2O2S/c14-11-4-3-9(19)7-10(11)13(18)15-6-5-12(17)16-8-1-2-8/h3-4,7-8,19H,1-2,5-6H2,(H,15,18)(H,16,17). The van der Waals surface area contributed by atoms with E-state index >= 15 is 0 Å². The number of benzene rings is 1. The van der Waals surface area contributed by atoms with Gasteiger partial charge in [-0.15, -0.1) is 12.6 Å². The van der Waals surface area contributed by atoms with Gasteiger partial charge in [0.25, 0.3) is 5.91 Å². The van der Waals surface area contributed by atoms with Gasteiger partial charge in [-0.1, -0.05) is 0 Å². The molecule has 0 saturated heterocycles. The first-order valence-electron chi connectivity index (χ1n) is 6.12. The van der Waals surface area contributed by atoms with Crippen molar-refractivity contribution in [1.82, 2.24) is 10.6 Å². The Morgan fingerprint density at radius 1 is 1.37 bits per heavy atom. The summed E-state index contributed by atoms with van der Waals surface area (Å²) in [7, 11) is 0. The highest BCUT2D eigenvalue weighted by atomic mass is 79.9. The van der Waals surface area contributed by atoms with Crippen LogP contribution in [0.2, 0.25) is 0 Å². The summed E-state index contributed by atoms with van der Waals surface area (Å²) in [4.78, 5) is 24.1. The molecule has 19 heavy (non-hydrogen) atoms. The van der Waals surface area contributed by atoms with Crippen molar-refractivity contribution in [3.05, 3.63) is 28.2 Å². The number of hydrogen-bond donors (Lipinski definition) is 3. The van der Waals surface area contributed by atoms with Crippen LogP contribution in [0.15, 0.2) is 27.6 Å². The van der Waals surface area contributed by atoms with E-state index in [1.807, 2.05) is 0 Å². The third-order valence-corrected chi connectivity index (χ3v) is 3.74. The predicted octanol–water partition coefficient (Wildman–Crippen LogP) is 2.14. The Bertz CT molecular complexity index is 503. The summed E-state index contributed by atoms with van der Waals surface area (Å²) in [5.74, 6) is -0.216. The summed E-state index contributed by atoms with van der Waals surface area (Å²) >= 11 is 7.52. The van der Waals surface area contributed by atoms with Crippen molar-refractivity contribution in [3.8, 4) is 0 Å². The Kier molecular flexibility index (Phi) is 4.87. The van der Waals surface area contributed by atoms with Gasteiger partial charge in [-0.2, -0.15) is 0 Å². The zero-order valence-electron chi connectivity index (χ0n) is 10.3. The van der Waals surface area contributed by atoms with Crippen molar-refractivity contribution in [2.75, 3.05) is 6.54 Å². The number of halogens is 1. The number of hydrogen-bond acceptors (Lipinski definition) is 3. The van der Waals surface area contributed by atoms with Crippen molar-refractivity contribution in [3.63, 3.8) is 0 Å². The smallest absolute Gasteiger partial charge is 0.252 e. The molecule has 0 aromatic heterocycles. The van der Waals surface area contributed by atoms with Gasteiger partial charge < -0.3 is 10.6 Å². The number of nitrogens with one attached hydrogen (secondary N) is 2. The molecule has 1 fully saturated rings. The van der Waals surface area contributed by atoms with Gasteiger partial charge in [0.1, 0.15) is 0 Å². The summed E-state index contributed by atoms with van der Waals surface area (Å²) < 4.78 is 0.713. The second-order valence-corrected chi connectivity index (χ2v) is 5.88. The number of carbonyl (C=O) groups excluding carboxylic acids is 2. The van der Waals surface area contributed by atoms with Gasteiger partial charge >= 0.3 is 0 Å². The second kappa shape index (κ2) is 6.43. The SMILES string of the molecule is O=C(CCNC(=O)c1cc(S)ccc1Br)NC1CC1. The molecule has 0 radical (unpaired) electrons. The van der Waals surface area contributed by atoms with Crippen LogP contribution in [0.1, 0.15) is 29.6 Å². The van der Waals surface area contributed by atoms with Crippen LogP contribution in [0.3, 0.4) is 0 Å². The quantitative estimate of drug-likeness (QED) is 0.718. The molecule has 1 aliphatic rings. The van der Waals surface area contributed by atoms with E-state index in [4.69, 9.17) is 0 Å². The number of amides is 2. The minimum absolute atomic E-state index is 0.00943. The Hall–Kier alpha value is -1.01. The second-order valence-electron chi connectivity index (χ2n) is 4.51. The maximum atomic E-state index is 11.9. The molecule has 2 rings (SSSR count). The molecule has 0 spiro atoms. The van der Waals surface area contributed by atoms with E-state index in [2.05, 4.69) is 39.2 Å². The highest BCUT2D eigenvalue weighted by molar-refractivity contribution is 9.10. The molecule has 1 aliphatic carbocycles. The molecule has 0 atom stereocenters. The van der Waals surface area contributed by atoms with E-state index in [0.717, 1.165) is 17.7 Å². The van der Waals surface area contributed by atoms with Gasteiger partial charge in [0.2, 0.25) is 5.91 Å². The first-order chi connectivity index (χ1) is 9.06. The van der Waals surface area contributed by atoms with E-state index in [1.165, 1.54) is 0 Å². The molecule has 1 aromatic carbocycles. The molecule has 1 saturated carbocycles. The molecule has 102 valence electrons. The molecule has 2 amide bonds. The highest BCUT2D eigenvalue weighted by Gasteiger charge is 2.22. The normalized spacial score (nSPS) is 14.0. The fourth-order valence-corrected chi connectivity index (χ4v) is 2.23. The van der Waals surface area contributed by atoms with Crippen molar-refractivity contribution < 1.29 is 9.59 Å². The van der Waals surface area contributed by atoms with Gasteiger partial charge in [0, 0.05) is 28.4 Å². The van der Waals surface area contributed by atoms with Gasteiger partial charge in [-0.05, 0) is 47.0 Å². The fraction of sp³-hybridized carbons (Fsp3) is 0.385. The summed E-state index contributed by atoms with van der Waals surface area (Å²) in [6.07, 6.45) is 2.44. The van der Waals surface area contributed by atoms with Crippen LogP contribution in [0, 0.1) is 0 Å². The Balaban J connectivity index is 1.80. The topological polar surface area (TPSA) is 58.2 Å². The lowest BCUT2D eigenvalue weighted by Crippen LogP contribution is -2.31. The summed E-state index contributed by atoms with van der Waals surface area (Å²) in [6, 6.07) is 5.62. The number of rotatable bonds is 5. The molecule has 2 N–H and O–H groups in total. The molecular weight excluding hydrogens is 328 g/mol. The van der Waals surface area contributed by atoms with Crippen molar-refractivity contribution >= 4 is 40.4 Å². The molecular formula is C13H15BrN2O2S. The molecule has 0 heterocycles. The van der Waals surface area contributed by atoms with Crippen molar-refractivity contribution in [1.29, 1.82) is 0 Å². The van der Waals surface area contributed by atoms with E-state index in [-0.39, 0.29) is 11.8 Å². The summed E-state index contributed by atoms with van der Waals surface area (Å²) in [6.45, 7) is 0.334. The largest absolute Gasteiger partial charge is 0.353 e. The third-order valence-electron chi connectivity index (χ3n) is 2.77. The van der Waals surface area contributed by atoms with Crippen LogP contribution in [-0.4, -0.2) is 24.4 Å². The van der Waals surface area contributed by atoms with Crippen LogP contribution in [0.5, 0.6) is 0 Å². The van der Waals surface area contributed by atoms with E-state index in [1.54, 1.807) is 18.2 Å². The summed E-state index contributed by atoms with van der Waals surface area (Å²) in [5, 5.41) is 5.60. The predicted molar refractivity (Wildman–Crippen MR) is 79.5 cm³/mol. The lowest BCUT2D eigenvalue weighted by atomic mass is 10.2. The van der Waals surface area contributed by atoms with Gasteiger partial charge in [0.15, 0.2) is 0 Å². The van der Waals surface area contributed by atoms with Crippen LogP contribution in [0.25, 0.3) is 0 Å². The zero-order valence-corrected chi connectivity index (χ0v) is 12.8. The molecule has 0 unspecified atom stereocenters. The third kappa shape index (κ3) is 4.54. The molecule has 6 heteroatoms. The monoisotopic (exact) mass is 342 g/mol. The zero-order chi connectivity index (χ0) is 13.8.